The molecule has 0 fully saturated rings. The van der Waals surface area contributed by atoms with E-state index < -0.39 is 5.97 Å². The third-order valence-corrected chi connectivity index (χ3v) is 5.40. The maximum Gasteiger partial charge on any atom is 0.338 e. The minimum Gasteiger partial charge on any atom is -0.478 e. The first-order valence-electron chi connectivity index (χ1n) is 9.16. The van der Waals surface area contributed by atoms with Crippen molar-refractivity contribution in [2.24, 2.45) is 5.92 Å². The largest absolute Gasteiger partial charge is 0.478 e. The van der Waals surface area contributed by atoms with Crippen molar-refractivity contribution in [3.05, 3.63) is 76.9 Å². The van der Waals surface area contributed by atoms with Crippen molar-refractivity contribution in [1.82, 2.24) is 0 Å². The summed E-state index contributed by atoms with van der Waals surface area (Å²) in [5.41, 5.74) is 3.65. The van der Waals surface area contributed by atoms with E-state index in [1.54, 1.807) is 25.1 Å². The molecule has 27 heavy (non-hydrogen) atoms. The monoisotopic (exact) mass is 363 g/mol. The molecule has 0 bridgehead atoms. The lowest BCUT2D eigenvalue weighted by molar-refractivity contribution is 0.0525. The molecular formula is C22H21NO4. The third-order valence-electron chi connectivity index (χ3n) is 5.40. The van der Waals surface area contributed by atoms with Crippen LogP contribution in [-0.4, -0.2) is 23.7 Å². The van der Waals surface area contributed by atoms with Gasteiger partial charge in [-0.05, 0) is 54.7 Å². The van der Waals surface area contributed by atoms with E-state index in [0.29, 0.717) is 17.7 Å². The zero-order chi connectivity index (χ0) is 19.0. The molecule has 3 atom stereocenters. The number of fused-ring (bicyclic) bond motifs is 3. The van der Waals surface area contributed by atoms with Crippen LogP contribution in [0.25, 0.3) is 0 Å². The number of carboxylic acid groups (broad SMARTS) is 1. The first-order chi connectivity index (χ1) is 13.1. The van der Waals surface area contributed by atoms with Gasteiger partial charge in [-0.3, -0.25) is 0 Å². The van der Waals surface area contributed by atoms with E-state index in [2.05, 4.69) is 17.5 Å². The van der Waals surface area contributed by atoms with E-state index in [4.69, 9.17) is 4.74 Å². The highest BCUT2D eigenvalue weighted by Gasteiger charge is 2.39. The molecule has 2 aliphatic rings. The van der Waals surface area contributed by atoms with Crippen LogP contribution in [0, 0.1) is 5.92 Å². The smallest absolute Gasteiger partial charge is 0.338 e. The Morgan fingerprint density at radius 2 is 2.00 bits per heavy atom. The van der Waals surface area contributed by atoms with Crippen molar-refractivity contribution in [3.63, 3.8) is 0 Å². The number of rotatable bonds is 4. The van der Waals surface area contributed by atoms with Gasteiger partial charge >= 0.3 is 11.9 Å². The molecule has 0 saturated carbocycles. The van der Waals surface area contributed by atoms with Crippen LogP contribution < -0.4 is 5.32 Å². The molecule has 0 radical (unpaired) electrons. The Balaban J connectivity index is 1.75. The summed E-state index contributed by atoms with van der Waals surface area (Å²) in [5.74, 6) is -0.895. The zero-order valence-corrected chi connectivity index (χ0v) is 15.0. The normalized spacial score (nSPS) is 22.5. The Labute approximate surface area is 157 Å². The topological polar surface area (TPSA) is 75.6 Å². The standard InChI is InChI=1S/C22H21NO4/c1-2-27-22(26)13-10-11-19-18(12-13)14-8-5-9-15(14)20(23-19)16-6-3-4-7-17(16)21(24)25/h3-8,10-12,14-15,20,23H,2,9H2,1H3,(H,24,25)/t14-,15-,20+/m1/s1. The molecule has 0 unspecified atom stereocenters. The first kappa shape index (κ1) is 17.3. The second kappa shape index (κ2) is 6.91. The number of hydrogen-bond donors (Lipinski definition) is 2. The second-order valence-corrected chi connectivity index (χ2v) is 6.89. The van der Waals surface area contributed by atoms with Crippen LogP contribution in [0.2, 0.25) is 0 Å². The number of carbonyl (C=O) groups excluding carboxylic acids is 1. The molecule has 138 valence electrons. The molecule has 5 nitrogen and oxygen atoms in total. The lowest BCUT2D eigenvalue weighted by atomic mass is 9.76. The minimum atomic E-state index is -0.918. The highest BCUT2D eigenvalue weighted by Crippen LogP contribution is 2.50. The number of aromatic carboxylic acids is 1. The van der Waals surface area contributed by atoms with Crippen LogP contribution in [0.15, 0.2) is 54.6 Å². The number of nitrogens with one attached hydrogen (secondary N) is 1. The molecule has 2 aromatic carbocycles. The quantitative estimate of drug-likeness (QED) is 0.622. The summed E-state index contributed by atoms with van der Waals surface area (Å²) in [6.45, 7) is 2.13. The van der Waals surface area contributed by atoms with Crippen molar-refractivity contribution in [3.8, 4) is 0 Å². The van der Waals surface area contributed by atoms with Gasteiger partial charge in [0.1, 0.15) is 0 Å². The van der Waals surface area contributed by atoms with Crippen molar-refractivity contribution in [2.75, 3.05) is 11.9 Å². The lowest BCUT2D eigenvalue weighted by Gasteiger charge is -2.38. The van der Waals surface area contributed by atoms with E-state index in [0.717, 1.165) is 23.2 Å². The van der Waals surface area contributed by atoms with Gasteiger partial charge < -0.3 is 15.2 Å². The fourth-order valence-corrected chi connectivity index (χ4v) is 4.21. The average Bonchev–Trinajstić information content (AvgIpc) is 3.17. The van der Waals surface area contributed by atoms with Gasteiger partial charge in [0.05, 0.1) is 23.8 Å². The summed E-state index contributed by atoms with van der Waals surface area (Å²) in [6.07, 6.45) is 5.16. The minimum absolute atomic E-state index is 0.0988. The molecule has 4 rings (SSSR count). The molecule has 1 aliphatic heterocycles. The van der Waals surface area contributed by atoms with Crippen LogP contribution in [0.4, 0.5) is 5.69 Å². The van der Waals surface area contributed by atoms with E-state index in [1.807, 2.05) is 24.3 Å². The SMILES string of the molecule is CCOC(=O)c1ccc2c(c1)[C@@H]1C=CC[C@H]1[C@@H](c1ccccc1C(=O)O)N2. The number of carboxylic acids is 1. The Bertz CT molecular complexity index is 934. The van der Waals surface area contributed by atoms with Gasteiger partial charge in [0.25, 0.3) is 0 Å². The number of allylic oxidation sites excluding steroid dienone is 2. The summed E-state index contributed by atoms with van der Waals surface area (Å²) in [5, 5.41) is 13.1. The van der Waals surface area contributed by atoms with Crippen molar-refractivity contribution in [1.29, 1.82) is 0 Å². The number of hydrogen-bond acceptors (Lipinski definition) is 4. The summed E-state index contributed by atoms with van der Waals surface area (Å²) < 4.78 is 5.12. The van der Waals surface area contributed by atoms with Crippen LogP contribution in [0.1, 0.15) is 57.1 Å². The van der Waals surface area contributed by atoms with Gasteiger partial charge in [0.2, 0.25) is 0 Å². The molecule has 2 N–H and O–H groups in total. The fourth-order valence-electron chi connectivity index (χ4n) is 4.21. The van der Waals surface area contributed by atoms with Crippen LogP contribution in [0.5, 0.6) is 0 Å². The maximum absolute atomic E-state index is 12.1. The average molecular weight is 363 g/mol. The number of carbonyl (C=O) groups is 2. The second-order valence-electron chi connectivity index (χ2n) is 6.89. The van der Waals surface area contributed by atoms with E-state index in [-0.39, 0.29) is 23.8 Å². The van der Waals surface area contributed by atoms with Gasteiger partial charge in [-0.1, -0.05) is 30.4 Å². The van der Waals surface area contributed by atoms with Gasteiger partial charge in [-0.15, -0.1) is 0 Å². The first-order valence-corrected chi connectivity index (χ1v) is 9.16. The van der Waals surface area contributed by atoms with Crippen molar-refractivity contribution in [2.45, 2.75) is 25.3 Å². The number of benzene rings is 2. The van der Waals surface area contributed by atoms with Gasteiger partial charge in [-0.25, -0.2) is 9.59 Å². The van der Waals surface area contributed by atoms with Crippen LogP contribution in [-0.2, 0) is 4.74 Å². The molecule has 2 aromatic rings. The third kappa shape index (κ3) is 2.99. The molecule has 0 saturated heterocycles. The highest BCUT2D eigenvalue weighted by atomic mass is 16.5. The van der Waals surface area contributed by atoms with Gasteiger partial charge in [0, 0.05) is 11.6 Å². The number of esters is 1. The Kier molecular flexibility index (Phi) is 4.44. The molecule has 0 amide bonds. The van der Waals surface area contributed by atoms with Crippen molar-refractivity contribution < 1.29 is 19.4 Å². The van der Waals surface area contributed by atoms with Gasteiger partial charge in [-0.2, -0.15) is 0 Å². The molecule has 5 heteroatoms. The zero-order valence-electron chi connectivity index (χ0n) is 15.0. The highest BCUT2D eigenvalue weighted by molar-refractivity contribution is 5.91. The van der Waals surface area contributed by atoms with E-state index in [1.165, 1.54) is 0 Å². The summed E-state index contributed by atoms with van der Waals surface area (Å²) >= 11 is 0. The van der Waals surface area contributed by atoms with Crippen LogP contribution in [0.3, 0.4) is 0 Å². The Morgan fingerprint density at radius 1 is 1.19 bits per heavy atom. The van der Waals surface area contributed by atoms with Crippen LogP contribution >= 0.6 is 0 Å². The number of ether oxygens (including phenoxy) is 1. The molecular weight excluding hydrogens is 342 g/mol. The molecule has 1 heterocycles. The summed E-state index contributed by atoms with van der Waals surface area (Å²) in [7, 11) is 0. The predicted octanol–water partition coefficient (Wildman–Crippen LogP) is 4.39. The van der Waals surface area contributed by atoms with E-state index >= 15 is 0 Å². The summed E-state index contributed by atoms with van der Waals surface area (Å²) in [6, 6.07) is 12.6. The fraction of sp³-hybridized carbons (Fsp3) is 0.273. The predicted molar refractivity (Wildman–Crippen MR) is 102 cm³/mol. The molecule has 0 spiro atoms. The summed E-state index contributed by atoms with van der Waals surface area (Å²) in [4.78, 5) is 23.8. The van der Waals surface area contributed by atoms with Crippen molar-refractivity contribution >= 4 is 17.6 Å². The Morgan fingerprint density at radius 3 is 2.78 bits per heavy atom. The van der Waals surface area contributed by atoms with Gasteiger partial charge in [0.15, 0.2) is 0 Å². The maximum atomic E-state index is 12.1. The lowest BCUT2D eigenvalue weighted by Crippen LogP contribution is -2.30. The molecule has 0 aromatic heterocycles. The van der Waals surface area contributed by atoms with E-state index in [9.17, 15) is 14.7 Å². The number of anilines is 1. The Hall–Kier alpha value is -3.08. The molecule has 1 aliphatic carbocycles.